The molecule has 0 aliphatic carbocycles. The highest BCUT2D eigenvalue weighted by molar-refractivity contribution is 5.60. The lowest BCUT2D eigenvalue weighted by Gasteiger charge is -2.29. The van der Waals surface area contributed by atoms with E-state index in [1.807, 2.05) is 12.3 Å². The van der Waals surface area contributed by atoms with Crippen molar-refractivity contribution in [2.75, 3.05) is 0 Å². The maximum atomic E-state index is 13.1. The van der Waals surface area contributed by atoms with Crippen molar-refractivity contribution in [2.24, 2.45) is 5.10 Å². The second-order valence-corrected chi connectivity index (χ2v) is 4.21. The molecule has 2 rings (SSSR count). The predicted molar refractivity (Wildman–Crippen MR) is 63.8 cm³/mol. The van der Waals surface area contributed by atoms with Crippen LogP contribution in [-0.2, 0) is 0 Å². The third-order valence-corrected chi connectivity index (χ3v) is 3.17. The van der Waals surface area contributed by atoms with Crippen molar-refractivity contribution in [3.63, 3.8) is 0 Å². The van der Waals surface area contributed by atoms with Crippen LogP contribution in [0.2, 0.25) is 0 Å². The molecule has 1 aliphatic rings. The molecular formula is C13H17FN2. The first-order valence-corrected chi connectivity index (χ1v) is 5.78. The van der Waals surface area contributed by atoms with Crippen LogP contribution < -0.4 is 0 Å². The smallest absolute Gasteiger partial charge is 0.123 e. The highest BCUT2D eigenvalue weighted by Gasteiger charge is 2.24. The number of nitrogens with zero attached hydrogens (tertiary/aromatic N) is 2. The zero-order valence-electron chi connectivity index (χ0n) is 9.73. The Kier molecular flexibility index (Phi) is 3.22. The van der Waals surface area contributed by atoms with Gasteiger partial charge in [-0.3, -0.25) is 5.01 Å². The van der Waals surface area contributed by atoms with E-state index in [4.69, 9.17) is 0 Å². The standard InChI is InChI=1S/C13H17FN2/c1-3-13-7-8-15-16(13)10(2)11-5-4-6-12(14)9-11/h4-6,8-10,13H,3,7H2,1-2H3. The molecule has 0 radical (unpaired) electrons. The summed E-state index contributed by atoms with van der Waals surface area (Å²) in [5.41, 5.74) is 0.984. The molecule has 2 nitrogen and oxygen atoms in total. The van der Waals surface area contributed by atoms with E-state index in [-0.39, 0.29) is 11.9 Å². The van der Waals surface area contributed by atoms with Gasteiger partial charge < -0.3 is 0 Å². The minimum atomic E-state index is -0.180. The summed E-state index contributed by atoms with van der Waals surface area (Å²) in [6.45, 7) is 4.23. The molecule has 1 aromatic rings. The molecule has 1 aromatic carbocycles. The summed E-state index contributed by atoms with van der Waals surface area (Å²) in [7, 11) is 0. The molecule has 0 aromatic heterocycles. The highest BCUT2D eigenvalue weighted by atomic mass is 19.1. The Bertz CT molecular complexity index is 389. The van der Waals surface area contributed by atoms with Crippen LogP contribution in [0.4, 0.5) is 4.39 Å². The van der Waals surface area contributed by atoms with Crippen LogP contribution in [0.1, 0.15) is 38.3 Å². The maximum absolute atomic E-state index is 13.1. The Labute approximate surface area is 95.8 Å². The van der Waals surface area contributed by atoms with Gasteiger partial charge in [0.25, 0.3) is 0 Å². The van der Waals surface area contributed by atoms with Crippen LogP contribution in [0.5, 0.6) is 0 Å². The lowest BCUT2D eigenvalue weighted by molar-refractivity contribution is 0.168. The first kappa shape index (κ1) is 11.1. The first-order chi connectivity index (χ1) is 7.72. The Morgan fingerprint density at radius 2 is 2.38 bits per heavy atom. The molecular weight excluding hydrogens is 203 g/mol. The molecule has 86 valence electrons. The van der Waals surface area contributed by atoms with Gasteiger partial charge in [0, 0.05) is 12.6 Å². The molecule has 1 heterocycles. The van der Waals surface area contributed by atoms with E-state index in [0.717, 1.165) is 18.4 Å². The van der Waals surface area contributed by atoms with Crippen molar-refractivity contribution in [1.29, 1.82) is 0 Å². The van der Waals surface area contributed by atoms with Gasteiger partial charge in [-0.1, -0.05) is 19.1 Å². The summed E-state index contributed by atoms with van der Waals surface area (Å²) in [6, 6.07) is 7.36. The number of benzene rings is 1. The van der Waals surface area contributed by atoms with Gasteiger partial charge >= 0.3 is 0 Å². The number of halogens is 1. The van der Waals surface area contributed by atoms with Gasteiger partial charge in [0.05, 0.1) is 12.1 Å². The SMILES string of the molecule is CCC1CC=NN1C(C)c1cccc(F)c1. The molecule has 0 saturated carbocycles. The van der Waals surface area contributed by atoms with Gasteiger partial charge in [0.2, 0.25) is 0 Å². The van der Waals surface area contributed by atoms with Crippen molar-refractivity contribution in [3.8, 4) is 0 Å². The van der Waals surface area contributed by atoms with Crippen molar-refractivity contribution < 1.29 is 4.39 Å². The van der Waals surface area contributed by atoms with E-state index in [0.29, 0.717) is 6.04 Å². The van der Waals surface area contributed by atoms with E-state index in [2.05, 4.69) is 24.0 Å². The van der Waals surface area contributed by atoms with Crippen LogP contribution in [0.25, 0.3) is 0 Å². The molecule has 0 spiro atoms. The van der Waals surface area contributed by atoms with Crippen molar-refractivity contribution in [1.82, 2.24) is 5.01 Å². The molecule has 1 aliphatic heterocycles. The van der Waals surface area contributed by atoms with Crippen molar-refractivity contribution in [3.05, 3.63) is 35.6 Å². The average Bonchev–Trinajstić information content (AvgIpc) is 2.76. The van der Waals surface area contributed by atoms with Crippen LogP contribution in [0.3, 0.4) is 0 Å². The Morgan fingerprint density at radius 3 is 3.06 bits per heavy atom. The monoisotopic (exact) mass is 220 g/mol. The third-order valence-electron chi connectivity index (χ3n) is 3.17. The van der Waals surface area contributed by atoms with Gasteiger partial charge in [0.15, 0.2) is 0 Å². The lowest BCUT2D eigenvalue weighted by Crippen LogP contribution is -2.28. The summed E-state index contributed by atoms with van der Waals surface area (Å²) in [6.07, 6.45) is 4.01. The van der Waals surface area contributed by atoms with Gasteiger partial charge in [0.1, 0.15) is 5.82 Å². The molecule has 0 N–H and O–H groups in total. The normalized spacial score (nSPS) is 21.4. The maximum Gasteiger partial charge on any atom is 0.123 e. The second kappa shape index (κ2) is 4.64. The number of rotatable bonds is 3. The van der Waals surface area contributed by atoms with Gasteiger partial charge in [-0.2, -0.15) is 5.10 Å². The van der Waals surface area contributed by atoms with Crippen LogP contribution in [0, 0.1) is 5.82 Å². The summed E-state index contributed by atoms with van der Waals surface area (Å²) in [5.74, 6) is -0.180. The predicted octanol–water partition coefficient (Wildman–Crippen LogP) is 3.36. The lowest BCUT2D eigenvalue weighted by atomic mass is 10.1. The van der Waals surface area contributed by atoms with Crippen LogP contribution in [-0.4, -0.2) is 17.3 Å². The fourth-order valence-electron chi connectivity index (χ4n) is 2.15. The molecule has 0 bridgehead atoms. The van der Waals surface area contributed by atoms with Gasteiger partial charge in [-0.05, 0) is 31.0 Å². The summed E-state index contributed by atoms with van der Waals surface area (Å²) in [4.78, 5) is 0. The Balaban J connectivity index is 2.18. The van der Waals surface area contributed by atoms with Gasteiger partial charge in [-0.15, -0.1) is 0 Å². The number of hydrogen-bond donors (Lipinski definition) is 0. The minimum Gasteiger partial charge on any atom is -0.287 e. The molecule has 16 heavy (non-hydrogen) atoms. The van der Waals surface area contributed by atoms with Crippen molar-refractivity contribution >= 4 is 6.21 Å². The number of hydrogen-bond acceptors (Lipinski definition) is 2. The fourth-order valence-corrected chi connectivity index (χ4v) is 2.15. The molecule has 2 atom stereocenters. The quantitative estimate of drug-likeness (QED) is 0.762. The largest absolute Gasteiger partial charge is 0.287 e. The topological polar surface area (TPSA) is 15.6 Å². The van der Waals surface area contributed by atoms with E-state index < -0.39 is 0 Å². The summed E-state index contributed by atoms with van der Waals surface area (Å²) >= 11 is 0. The van der Waals surface area contributed by atoms with E-state index in [9.17, 15) is 4.39 Å². The second-order valence-electron chi connectivity index (χ2n) is 4.21. The van der Waals surface area contributed by atoms with Crippen LogP contribution in [0.15, 0.2) is 29.4 Å². The first-order valence-electron chi connectivity index (χ1n) is 5.78. The average molecular weight is 220 g/mol. The molecule has 3 heteroatoms. The Morgan fingerprint density at radius 1 is 1.56 bits per heavy atom. The van der Waals surface area contributed by atoms with E-state index in [1.165, 1.54) is 6.07 Å². The zero-order valence-corrected chi connectivity index (χ0v) is 9.73. The third kappa shape index (κ3) is 2.08. The minimum absolute atomic E-state index is 0.138. The fraction of sp³-hybridized carbons (Fsp3) is 0.462. The highest BCUT2D eigenvalue weighted by Crippen LogP contribution is 2.28. The number of hydrazone groups is 1. The molecule has 0 fully saturated rings. The van der Waals surface area contributed by atoms with Crippen LogP contribution >= 0.6 is 0 Å². The summed E-state index contributed by atoms with van der Waals surface area (Å²) in [5, 5.41) is 6.46. The Hall–Kier alpha value is -1.38. The van der Waals surface area contributed by atoms with E-state index in [1.54, 1.807) is 12.1 Å². The molecule has 0 saturated heterocycles. The van der Waals surface area contributed by atoms with Crippen molar-refractivity contribution in [2.45, 2.75) is 38.8 Å². The summed E-state index contributed by atoms with van der Waals surface area (Å²) < 4.78 is 13.1. The molecule has 0 amide bonds. The van der Waals surface area contributed by atoms with Gasteiger partial charge in [-0.25, -0.2) is 4.39 Å². The molecule has 2 unspecified atom stereocenters. The van der Waals surface area contributed by atoms with E-state index >= 15 is 0 Å². The zero-order chi connectivity index (χ0) is 11.5.